The number of rotatable bonds is 5. The van der Waals surface area contributed by atoms with E-state index in [0.717, 1.165) is 16.5 Å². The van der Waals surface area contributed by atoms with Crippen LogP contribution >= 0.6 is 34.8 Å². The van der Waals surface area contributed by atoms with Crippen molar-refractivity contribution in [2.24, 2.45) is 0 Å². The molecule has 0 bridgehead atoms. The molecule has 0 aromatic heterocycles. The highest BCUT2D eigenvalue weighted by atomic mass is 35.6. The first kappa shape index (κ1) is 19.6. The number of carbonyl (C=O) groups excluding carboxylic acids is 1. The summed E-state index contributed by atoms with van der Waals surface area (Å²) in [4.78, 5) is 12.6. The lowest BCUT2D eigenvalue weighted by Gasteiger charge is -2.28. The first-order valence-corrected chi connectivity index (χ1v) is 9.28. The summed E-state index contributed by atoms with van der Waals surface area (Å²) >= 11 is 18.3. The van der Waals surface area contributed by atoms with Gasteiger partial charge in [-0.25, -0.2) is 0 Å². The van der Waals surface area contributed by atoms with Gasteiger partial charge in [0.25, 0.3) is 5.91 Å². The van der Waals surface area contributed by atoms with Gasteiger partial charge < -0.3 is 15.4 Å². The van der Waals surface area contributed by atoms with Gasteiger partial charge in [0.05, 0.1) is 7.11 Å². The Kier molecular flexibility index (Phi) is 6.00. The number of carbonyl (C=O) groups is 1. The van der Waals surface area contributed by atoms with Gasteiger partial charge in [0.1, 0.15) is 11.9 Å². The van der Waals surface area contributed by atoms with Crippen LogP contribution in [0.1, 0.15) is 10.4 Å². The van der Waals surface area contributed by atoms with Crippen LogP contribution in [-0.4, -0.2) is 23.0 Å². The second-order valence-corrected chi connectivity index (χ2v) is 8.22. The van der Waals surface area contributed by atoms with E-state index in [9.17, 15) is 4.79 Å². The van der Waals surface area contributed by atoms with E-state index < -0.39 is 9.96 Å². The molecule has 0 saturated carbocycles. The van der Waals surface area contributed by atoms with Crippen LogP contribution < -0.4 is 15.4 Å². The summed E-state index contributed by atoms with van der Waals surface area (Å²) in [6.45, 7) is 0. The molecular formula is C20H17Cl3N2O2. The number of anilines is 1. The van der Waals surface area contributed by atoms with Crippen molar-refractivity contribution in [3.8, 4) is 5.75 Å². The Morgan fingerprint density at radius 3 is 2.30 bits per heavy atom. The SMILES string of the molecule is COc1ccc(C(=O)N[C@H](Nc2cccc3ccccc23)C(Cl)(Cl)Cl)cc1. The van der Waals surface area contributed by atoms with E-state index in [-0.39, 0.29) is 5.91 Å². The Balaban J connectivity index is 1.84. The number of fused-ring (bicyclic) bond motifs is 1. The van der Waals surface area contributed by atoms with Crippen LogP contribution in [0.15, 0.2) is 66.7 Å². The predicted octanol–water partition coefficient (Wildman–Crippen LogP) is 5.39. The molecule has 3 aromatic rings. The molecule has 7 heteroatoms. The van der Waals surface area contributed by atoms with Crippen molar-refractivity contribution in [1.29, 1.82) is 0 Å². The molecule has 0 heterocycles. The maximum atomic E-state index is 12.6. The van der Waals surface area contributed by atoms with Gasteiger partial charge in [-0.05, 0) is 35.7 Å². The van der Waals surface area contributed by atoms with Gasteiger partial charge >= 0.3 is 0 Å². The van der Waals surface area contributed by atoms with E-state index in [1.165, 1.54) is 0 Å². The van der Waals surface area contributed by atoms with Crippen LogP contribution in [0, 0.1) is 0 Å². The van der Waals surface area contributed by atoms with E-state index in [1.54, 1.807) is 31.4 Å². The molecule has 0 saturated heterocycles. The van der Waals surface area contributed by atoms with Crippen LogP contribution in [-0.2, 0) is 0 Å². The molecule has 3 aromatic carbocycles. The number of ether oxygens (including phenoxy) is 1. The van der Waals surface area contributed by atoms with E-state index in [1.807, 2.05) is 42.5 Å². The fourth-order valence-corrected chi connectivity index (χ4v) is 2.99. The molecule has 0 aliphatic carbocycles. The molecule has 140 valence electrons. The average Bonchev–Trinajstić information content (AvgIpc) is 2.67. The van der Waals surface area contributed by atoms with Gasteiger partial charge in [-0.15, -0.1) is 0 Å². The minimum atomic E-state index is -1.76. The normalized spacial score (nSPS) is 12.4. The largest absolute Gasteiger partial charge is 0.497 e. The lowest BCUT2D eigenvalue weighted by molar-refractivity contribution is 0.0942. The summed E-state index contributed by atoms with van der Waals surface area (Å²) in [5.74, 6) is 0.278. The summed E-state index contributed by atoms with van der Waals surface area (Å²) in [7, 11) is 1.56. The molecule has 0 spiro atoms. The summed E-state index contributed by atoms with van der Waals surface area (Å²) in [5, 5.41) is 7.86. The number of nitrogens with one attached hydrogen (secondary N) is 2. The first-order valence-electron chi connectivity index (χ1n) is 8.14. The fourth-order valence-electron chi connectivity index (χ4n) is 2.66. The van der Waals surface area contributed by atoms with Crippen LogP contribution in [0.25, 0.3) is 10.8 Å². The molecule has 0 fully saturated rings. The molecule has 1 atom stereocenters. The van der Waals surface area contributed by atoms with Crippen LogP contribution in [0.4, 0.5) is 5.69 Å². The summed E-state index contributed by atoms with van der Waals surface area (Å²) < 4.78 is 3.33. The van der Waals surface area contributed by atoms with Crippen LogP contribution in [0.3, 0.4) is 0 Å². The van der Waals surface area contributed by atoms with Crippen LogP contribution in [0.5, 0.6) is 5.75 Å². The highest BCUT2D eigenvalue weighted by Gasteiger charge is 2.34. The van der Waals surface area contributed by atoms with Gasteiger partial charge in [0.2, 0.25) is 3.79 Å². The molecule has 1 amide bonds. The van der Waals surface area contributed by atoms with Gasteiger partial charge in [-0.2, -0.15) is 0 Å². The number of halogens is 3. The van der Waals surface area contributed by atoms with E-state index >= 15 is 0 Å². The molecular weight excluding hydrogens is 407 g/mol. The number of hydrogen-bond acceptors (Lipinski definition) is 3. The number of amides is 1. The van der Waals surface area contributed by atoms with Gasteiger partial charge in [0.15, 0.2) is 0 Å². The summed E-state index contributed by atoms with van der Waals surface area (Å²) in [6, 6.07) is 20.2. The van der Waals surface area contributed by atoms with Crippen molar-refractivity contribution in [3.63, 3.8) is 0 Å². The third-order valence-electron chi connectivity index (χ3n) is 4.04. The lowest BCUT2D eigenvalue weighted by atomic mass is 10.1. The van der Waals surface area contributed by atoms with Crippen molar-refractivity contribution in [2.45, 2.75) is 9.96 Å². The standard InChI is InChI=1S/C20H17Cl3N2O2/c1-27-15-11-9-14(10-12-15)18(26)25-19(20(21,22)23)24-17-8-4-6-13-5-2-3-7-16(13)17/h2-12,19,24H,1H3,(H,25,26)/t19-/m0/s1. The number of methoxy groups -OCH3 is 1. The number of hydrogen-bond donors (Lipinski definition) is 2. The van der Waals surface area contributed by atoms with Crippen molar-refractivity contribution in [3.05, 3.63) is 72.3 Å². The molecule has 0 aliphatic rings. The van der Waals surface area contributed by atoms with E-state index in [2.05, 4.69) is 10.6 Å². The molecule has 4 nitrogen and oxygen atoms in total. The van der Waals surface area contributed by atoms with Crippen molar-refractivity contribution in [1.82, 2.24) is 5.32 Å². The fraction of sp³-hybridized carbons (Fsp3) is 0.150. The number of benzene rings is 3. The molecule has 0 unspecified atom stereocenters. The van der Waals surface area contributed by atoms with Crippen molar-refractivity contribution < 1.29 is 9.53 Å². The zero-order valence-electron chi connectivity index (χ0n) is 14.4. The Labute approximate surface area is 172 Å². The topological polar surface area (TPSA) is 50.4 Å². The smallest absolute Gasteiger partial charge is 0.252 e. The monoisotopic (exact) mass is 422 g/mol. The minimum absolute atomic E-state index is 0.373. The Hall–Kier alpha value is -2.14. The Morgan fingerprint density at radius 1 is 0.963 bits per heavy atom. The molecule has 27 heavy (non-hydrogen) atoms. The third-order valence-corrected chi connectivity index (χ3v) is 4.70. The predicted molar refractivity (Wildman–Crippen MR) is 112 cm³/mol. The summed E-state index contributed by atoms with van der Waals surface area (Å²) in [5.41, 5.74) is 1.18. The third kappa shape index (κ3) is 4.78. The van der Waals surface area contributed by atoms with Crippen LogP contribution in [0.2, 0.25) is 0 Å². The highest BCUT2D eigenvalue weighted by molar-refractivity contribution is 6.68. The lowest BCUT2D eigenvalue weighted by Crippen LogP contribution is -2.49. The van der Waals surface area contributed by atoms with Crippen molar-refractivity contribution >= 4 is 57.2 Å². The maximum Gasteiger partial charge on any atom is 0.252 e. The molecule has 0 aliphatic heterocycles. The van der Waals surface area contributed by atoms with Gasteiger partial charge in [-0.1, -0.05) is 71.2 Å². The van der Waals surface area contributed by atoms with E-state index in [4.69, 9.17) is 39.5 Å². The Morgan fingerprint density at radius 2 is 1.63 bits per heavy atom. The zero-order valence-corrected chi connectivity index (χ0v) is 16.6. The second-order valence-electron chi connectivity index (χ2n) is 5.85. The van der Waals surface area contributed by atoms with Gasteiger partial charge in [0, 0.05) is 16.6 Å². The zero-order chi connectivity index (χ0) is 19.4. The minimum Gasteiger partial charge on any atom is -0.497 e. The quantitative estimate of drug-likeness (QED) is 0.427. The average molecular weight is 424 g/mol. The molecule has 0 radical (unpaired) electrons. The second kappa shape index (κ2) is 8.26. The van der Waals surface area contributed by atoms with Crippen molar-refractivity contribution in [2.75, 3.05) is 12.4 Å². The summed E-state index contributed by atoms with van der Waals surface area (Å²) in [6.07, 6.45) is -0.942. The maximum absolute atomic E-state index is 12.6. The Bertz CT molecular complexity index is 935. The molecule has 3 rings (SSSR count). The highest BCUT2D eigenvalue weighted by Crippen LogP contribution is 2.33. The van der Waals surface area contributed by atoms with E-state index in [0.29, 0.717) is 11.3 Å². The van der Waals surface area contributed by atoms with Gasteiger partial charge in [-0.3, -0.25) is 4.79 Å². The first-order chi connectivity index (χ1) is 12.9. The molecule has 2 N–H and O–H groups in total. The number of alkyl halides is 3.